The molecule has 2 aromatic rings. The van der Waals surface area contributed by atoms with Crippen LogP contribution >= 0.6 is 0 Å². The van der Waals surface area contributed by atoms with Crippen molar-refractivity contribution in [1.82, 2.24) is 5.32 Å². The molecule has 0 unspecified atom stereocenters. The highest BCUT2D eigenvalue weighted by Crippen LogP contribution is 2.60. The summed E-state index contributed by atoms with van der Waals surface area (Å²) in [7, 11) is 0. The number of amides is 2. The van der Waals surface area contributed by atoms with E-state index in [0.717, 1.165) is 35.4 Å². The zero-order valence-electron chi connectivity index (χ0n) is 21.0. The van der Waals surface area contributed by atoms with Crippen LogP contribution in [0.2, 0.25) is 0 Å². The highest BCUT2D eigenvalue weighted by atomic mass is 16.5. The molecule has 5 heteroatoms. The number of anilines is 1. The first-order valence-electron chi connectivity index (χ1n) is 13.3. The van der Waals surface area contributed by atoms with E-state index in [2.05, 4.69) is 22.8 Å². The van der Waals surface area contributed by atoms with E-state index in [-0.39, 0.29) is 18.4 Å². The molecule has 4 saturated carbocycles. The van der Waals surface area contributed by atoms with Crippen LogP contribution in [0.4, 0.5) is 10.5 Å². The van der Waals surface area contributed by atoms with Crippen molar-refractivity contribution in [2.75, 3.05) is 5.32 Å². The van der Waals surface area contributed by atoms with Gasteiger partial charge in [-0.1, -0.05) is 62.7 Å². The molecule has 0 radical (unpaired) electrons. The minimum atomic E-state index is -0.661. The Labute approximate surface area is 209 Å². The minimum absolute atomic E-state index is 0.0226. The van der Waals surface area contributed by atoms with Crippen LogP contribution in [-0.2, 0) is 21.6 Å². The average Bonchev–Trinajstić information content (AvgIpc) is 2.85. The van der Waals surface area contributed by atoms with Gasteiger partial charge in [0.05, 0.1) is 0 Å². The van der Waals surface area contributed by atoms with Crippen molar-refractivity contribution in [2.45, 2.75) is 76.9 Å². The third-order valence-corrected chi connectivity index (χ3v) is 8.78. The van der Waals surface area contributed by atoms with Crippen LogP contribution < -0.4 is 10.6 Å². The van der Waals surface area contributed by atoms with Gasteiger partial charge in [0.25, 0.3) is 0 Å². The maximum absolute atomic E-state index is 13.1. The van der Waals surface area contributed by atoms with Gasteiger partial charge in [-0.15, -0.1) is 0 Å². The average molecular weight is 475 g/mol. The first-order valence-corrected chi connectivity index (χ1v) is 13.3. The van der Waals surface area contributed by atoms with Crippen molar-refractivity contribution < 1.29 is 14.3 Å². The van der Waals surface area contributed by atoms with Gasteiger partial charge in [-0.05, 0) is 90.9 Å². The number of nitrogens with one attached hydrogen (secondary N) is 2. The van der Waals surface area contributed by atoms with E-state index in [4.69, 9.17) is 4.74 Å². The van der Waals surface area contributed by atoms with Crippen molar-refractivity contribution in [2.24, 2.45) is 23.7 Å². The van der Waals surface area contributed by atoms with Crippen LogP contribution in [0, 0.1) is 23.7 Å². The summed E-state index contributed by atoms with van der Waals surface area (Å²) in [4.78, 5) is 25.6. The third-order valence-electron chi connectivity index (χ3n) is 8.78. The molecule has 4 fully saturated rings. The van der Waals surface area contributed by atoms with Gasteiger partial charge in [-0.3, -0.25) is 4.79 Å². The molecule has 2 amide bonds. The van der Waals surface area contributed by atoms with E-state index in [1.165, 1.54) is 44.1 Å². The van der Waals surface area contributed by atoms with E-state index in [0.29, 0.717) is 5.41 Å². The topological polar surface area (TPSA) is 67.4 Å². The molecule has 0 aliphatic heterocycles. The fraction of sp³-hybridized carbons (Fsp3) is 0.533. The number of ether oxygens (including phenoxy) is 1. The number of benzene rings is 2. The standard InChI is InChI=1S/C30H38N2O3/c1-3-20(2)27(32-29(34)35-19-21-7-5-4-6-8-21)28(33)31-26-11-9-25(10-12-26)30-16-22-13-23(17-30)15-24(14-22)18-30/h4-12,20,22-24,27H,3,13-19H2,1-2H3,(H,31,33)(H,32,34)/t20-,22?,23?,24?,27+,30?/m1/s1. The molecule has 2 N–H and O–H groups in total. The molecule has 2 aromatic carbocycles. The summed E-state index contributed by atoms with van der Waals surface area (Å²) in [5.41, 5.74) is 3.47. The van der Waals surface area contributed by atoms with E-state index >= 15 is 0 Å². The Morgan fingerprint density at radius 1 is 0.943 bits per heavy atom. The van der Waals surface area contributed by atoms with E-state index in [1.54, 1.807) is 0 Å². The Kier molecular flexibility index (Phi) is 6.86. The summed E-state index contributed by atoms with van der Waals surface area (Å²) in [5, 5.41) is 5.81. The second-order valence-electron chi connectivity index (χ2n) is 11.3. The molecule has 186 valence electrons. The van der Waals surface area contributed by atoms with Crippen LogP contribution in [0.1, 0.15) is 69.9 Å². The summed E-state index contributed by atoms with van der Waals surface area (Å²) in [6, 6.07) is 17.4. The first-order chi connectivity index (χ1) is 16.9. The highest BCUT2D eigenvalue weighted by Gasteiger charge is 2.51. The number of hydrogen-bond donors (Lipinski definition) is 2. The number of carbonyl (C=O) groups is 2. The Morgan fingerprint density at radius 2 is 1.54 bits per heavy atom. The van der Waals surface area contributed by atoms with Crippen LogP contribution in [-0.4, -0.2) is 18.0 Å². The summed E-state index contributed by atoms with van der Waals surface area (Å²) < 4.78 is 5.36. The smallest absolute Gasteiger partial charge is 0.408 e. The number of hydrogen-bond acceptors (Lipinski definition) is 3. The number of alkyl carbamates (subject to hydrolysis) is 1. The molecule has 0 heterocycles. The predicted octanol–water partition coefficient (Wildman–Crippen LogP) is 6.43. The van der Waals surface area contributed by atoms with Crippen LogP contribution in [0.5, 0.6) is 0 Å². The monoisotopic (exact) mass is 474 g/mol. The van der Waals surface area contributed by atoms with Gasteiger partial charge in [0.1, 0.15) is 12.6 Å². The molecule has 0 saturated heterocycles. The Balaban J connectivity index is 1.21. The lowest BCUT2D eigenvalue weighted by molar-refractivity contribution is -0.119. The molecule has 6 rings (SSSR count). The van der Waals surface area contributed by atoms with Gasteiger partial charge in [0, 0.05) is 5.69 Å². The lowest BCUT2D eigenvalue weighted by Gasteiger charge is -2.57. The molecular weight excluding hydrogens is 436 g/mol. The van der Waals surface area contributed by atoms with Crippen molar-refractivity contribution in [3.05, 3.63) is 65.7 Å². The molecule has 4 aliphatic rings. The van der Waals surface area contributed by atoms with E-state index in [9.17, 15) is 9.59 Å². The minimum Gasteiger partial charge on any atom is -0.445 e. The Bertz CT molecular complexity index is 998. The number of rotatable bonds is 8. The normalized spacial score (nSPS) is 28.2. The maximum atomic E-state index is 13.1. The Hall–Kier alpha value is -2.82. The third kappa shape index (κ3) is 5.24. The lowest BCUT2D eigenvalue weighted by atomic mass is 9.48. The van der Waals surface area contributed by atoms with Crippen molar-refractivity contribution in [3.8, 4) is 0 Å². The summed E-state index contributed by atoms with van der Waals surface area (Å²) >= 11 is 0. The lowest BCUT2D eigenvalue weighted by Crippen LogP contribution is -2.48. The van der Waals surface area contributed by atoms with Crippen molar-refractivity contribution in [1.29, 1.82) is 0 Å². The summed E-state index contributed by atoms with van der Waals surface area (Å²) in [6.45, 7) is 4.16. The van der Waals surface area contributed by atoms with Gasteiger partial charge in [-0.2, -0.15) is 0 Å². The second-order valence-corrected chi connectivity index (χ2v) is 11.3. The Morgan fingerprint density at radius 3 is 2.11 bits per heavy atom. The van der Waals surface area contributed by atoms with Gasteiger partial charge >= 0.3 is 6.09 Å². The molecule has 35 heavy (non-hydrogen) atoms. The quantitative estimate of drug-likeness (QED) is 0.463. The summed E-state index contributed by atoms with van der Waals surface area (Å²) in [6.07, 6.45) is 8.48. The number of carbonyl (C=O) groups excluding carboxylic acids is 2. The molecule has 2 atom stereocenters. The SMILES string of the molecule is CC[C@@H](C)[C@H](NC(=O)OCc1ccccc1)C(=O)Nc1ccc(C23CC4CC(CC(C4)C2)C3)cc1. The van der Waals surface area contributed by atoms with Gasteiger partial charge in [-0.25, -0.2) is 4.79 Å². The molecular formula is C30H38N2O3. The van der Waals surface area contributed by atoms with Gasteiger partial charge < -0.3 is 15.4 Å². The molecule has 5 nitrogen and oxygen atoms in total. The highest BCUT2D eigenvalue weighted by molar-refractivity contribution is 5.96. The molecule has 4 bridgehead atoms. The largest absolute Gasteiger partial charge is 0.445 e. The van der Waals surface area contributed by atoms with E-state index in [1.807, 2.05) is 56.3 Å². The molecule has 4 aliphatic carbocycles. The van der Waals surface area contributed by atoms with Gasteiger partial charge in [0.15, 0.2) is 0 Å². The molecule has 0 aromatic heterocycles. The fourth-order valence-electron chi connectivity index (χ4n) is 7.18. The van der Waals surface area contributed by atoms with Gasteiger partial charge in [0.2, 0.25) is 5.91 Å². The summed E-state index contributed by atoms with van der Waals surface area (Å²) in [5.74, 6) is 2.49. The fourth-order valence-corrected chi connectivity index (χ4v) is 7.18. The zero-order chi connectivity index (χ0) is 24.4. The van der Waals surface area contributed by atoms with Crippen LogP contribution in [0.25, 0.3) is 0 Å². The first kappa shape index (κ1) is 23.9. The van der Waals surface area contributed by atoms with Crippen molar-refractivity contribution in [3.63, 3.8) is 0 Å². The predicted molar refractivity (Wildman–Crippen MR) is 138 cm³/mol. The van der Waals surface area contributed by atoms with E-state index < -0.39 is 12.1 Å². The zero-order valence-corrected chi connectivity index (χ0v) is 21.0. The molecule has 0 spiro atoms. The van der Waals surface area contributed by atoms with Crippen molar-refractivity contribution >= 4 is 17.7 Å². The second kappa shape index (κ2) is 10.0. The van der Waals surface area contributed by atoms with Crippen LogP contribution in [0.15, 0.2) is 54.6 Å². The maximum Gasteiger partial charge on any atom is 0.408 e. The van der Waals surface area contributed by atoms with Crippen LogP contribution in [0.3, 0.4) is 0 Å².